The van der Waals surface area contributed by atoms with Crippen LogP contribution in [0.3, 0.4) is 0 Å². The van der Waals surface area contributed by atoms with E-state index in [0.717, 1.165) is 24.2 Å². The highest BCUT2D eigenvalue weighted by molar-refractivity contribution is 7.80. The summed E-state index contributed by atoms with van der Waals surface area (Å²) >= 11 is 24.3. The maximum absolute atomic E-state index is 6.59. The lowest BCUT2D eigenvalue weighted by molar-refractivity contribution is 0.449. The second-order valence-electron chi connectivity index (χ2n) is 8.56. The quantitative estimate of drug-likeness (QED) is 0.202. The number of hydrogen-bond acceptors (Lipinski definition) is 3. The van der Waals surface area contributed by atoms with Gasteiger partial charge < -0.3 is 10.6 Å². The van der Waals surface area contributed by atoms with Gasteiger partial charge in [-0.25, -0.2) is 4.99 Å². The zero-order valence-corrected chi connectivity index (χ0v) is 22.0. The van der Waals surface area contributed by atoms with Gasteiger partial charge in [-0.3, -0.25) is 0 Å². The van der Waals surface area contributed by atoms with Crippen LogP contribution in [0.4, 0.5) is 5.69 Å². The second kappa shape index (κ2) is 10.0. The number of benzene rings is 2. The average molecular weight is 511 g/mol. The summed E-state index contributed by atoms with van der Waals surface area (Å²) in [6.07, 6.45) is 0. The summed E-state index contributed by atoms with van der Waals surface area (Å²) in [7, 11) is -1.10. The van der Waals surface area contributed by atoms with E-state index in [0.29, 0.717) is 37.2 Å². The minimum Gasteiger partial charge on any atom is -0.396 e. The topological polar surface area (TPSA) is 41.6 Å². The van der Waals surface area contributed by atoms with E-state index in [1.165, 1.54) is 12.1 Å². The fraction of sp³-hybridized carbons (Fsp3) is 0.304. The summed E-state index contributed by atoms with van der Waals surface area (Å²) in [5.41, 5.74) is 10.2. The van der Waals surface area contributed by atoms with Crippen LogP contribution in [0.15, 0.2) is 58.7 Å². The standard InChI is InChI=1S/C23H26Cl3N3SSi/c1-15(21(27)23(30)29-10-12-31(2,3)13-11-29)22(16-4-6-17(24)7-5-16)28-20-9-8-18(25)14-19(20)26/h4-9,14H,10-13,27H2,1-3H3. The number of halogens is 3. The van der Waals surface area contributed by atoms with Crippen molar-refractivity contribution in [2.24, 2.45) is 10.7 Å². The van der Waals surface area contributed by atoms with Crippen LogP contribution in [0.5, 0.6) is 0 Å². The van der Waals surface area contributed by atoms with Crippen molar-refractivity contribution in [2.45, 2.75) is 32.1 Å². The van der Waals surface area contributed by atoms with Gasteiger partial charge in [-0.05, 0) is 49.3 Å². The van der Waals surface area contributed by atoms with Crippen LogP contribution in [0.2, 0.25) is 40.3 Å². The number of nitrogens with two attached hydrogens (primary N) is 1. The van der Waals surface area contributed by atoms with Gasteiger partial charge in [0.1, 0.15) is 4.99 Å². The predicted octanol–water partition coefficient (Wildman–Crippen LogP) is 7.35. The number of hydrogen-bond donors (Lipinski definition) is 1. The normalized spacial score (nSPS) is 17.4. The molecule has 8 heteroatoms. The molecule has 0 aliphatic carbocycles. The highest BCUT2D eigenvalue weighted by atomic mass is 35.5. The molecule has 0 amide bonds. The molecule has 3 rings (SSSR count). The van der Waals surface area contributed by atoms with Crippen LogP contribution in [-0.4, -0.2) is 36.8 Å². The molecule has 0 atom stereocenters. The lowest BCUT2D eigenvalue weighted by Crippen LogP contribution is -2.46. The van der Waals surface area contributed by atoms with Gasteiger partial charge in [-0.1, -0.05) is 72.2 Å². The van der Waals surface area contributed by atoms with E-state index >= 15 is 0 Å². The first kappa shape index (κ1) is 24.3. The Morgan fingerprint density at radius 1 is 1.00 bits per heavy atom. The molecule has 0 spiro atoms. The van der Waals surface area contributed by atoms with Crippen molar-refractivity contribution in [2.75, 3.05) is 13.1 Å². The number of rotatable bonds is 4. The van der Waals surface area contributed by atoms with Crippen LogP contribution in [0.25, 0.3) is 0 Å². The number of thiocarbonyl (C=S) groups is 1. The molecule has 1 heterocycles. The molecule has 0 bridgehead atoms. The van der Waals surface area contributed by atoms with E-state index in [9.17, 15) is 0 Å². The summed E-state index contributed by atoms with van der Waals surface area (Å²) in [5, 5.41) is 1.68. The third-order valence-electron chi connectivity index (χ3n) is 5.65. The predicted molar refractivity (Wildman–Crippen MR) is 142 cm³/mol. The van der Waals surface area contributed by atoms with Gasteiger partial charge in [0.25, 0.3) is 0 Å². The molecule has 1 aliphatic heterocycles. The maximum Gasteiger partial charge on any atom is 0.125 e. The molecule has 0 unspecified atom stereocenters. The largest absolute Gasteiger partial charge is 0.396 e. The Kier molecular flexibility index (Phi) is 7.87. The summed E-state index contributed by atoms with van der Waals surface area (Å²) in [6.45, 7) is 8.73. The van der Waals surface area contributed by atoms with E-state index < -0.39 is 8.07 Å². The van der Waals surface area contributed by atoms with E-state index in [4.69, 9.17) is 57.7 Å². The lowest BCUT2D eigenvalue weighted by atomic mass is 10.0. The summed E-state index contributed by atoms with van der Waals surface area (Å²) in [5.74, 6) is 0. The van der Waals surface area contributed by atoms with Gasteiger partial charge in [-0.15, -0.1) is 0 Å². The first-order valence-electron chi connectivity index (χ1n) is 10.1. The molecule has 1 fully saturated rings. The SMILES string of the molecule is CC(C(=Nc1ccc(Cl)cc1Cl)c1ccc(Cl)cc1)=C(N)C(=S)N1CC[Si](C)(C)CC1. The molecule has 2 aromatic rings. The molecular formula is C23H26Cl3N3SSi. The van der Waals surface area contributed by atoms with E-state index in [1.54, 1.807) is 18.2 Å². The van der Waals surface area contributed by atoms with Crippen LogP contribution in [-0.2, 0) is 0 Å². The number of nitrogens with zero attached hydrogens (tertiary/aromatic N) is 2. The Bertz CT molecular complexity index is 1040. The average Bonchev–Trinajstić information content (AvgIpc) is 2.72. The zero-order valence-electron chi connectivity index (χ0n) is 17.9. The first-order valence-corrected chi connectivity index (χ1v) is 15.1. The molecule has 31 heavy (non-hydrogen) atoms. The molecule has 2 aromatic carbocycles. The Labute approximate surface area is 205 Å². The molecule has 3 nitrogen and oxygen atoms in total. The molecule has 0 saturated carbocycles. The van der Waals surface area contributed by atoms with Crippen LogP contribution in [0, 0.1) is 0 Å². The van der Waals surface area contributed by atoms with Gasteiger partial charge in [0.15, 0.2) is 0 Å². The smallest absolute Gasteiger partial charge is 0.125 e. The van der Waals surface area contributed by atoms with Gasteiger partial charge in [0, 0.05) is 34.3 Å². The van der Waals surface area contributed by atoms with E-state index in [2.05, 4.69) is 18.0 Å². The number of aliphatic imine (C=N–C) groups is 1. The summed E-state index contributed by atoms with van der Waals surface area (Å²) < 4.78 is 0. The van der Waals surface area contributed by atoms with Gasteiger partial charge in [0.2, 0.25) is 0 Å². The fourth-order valence-corrected chi connectivity index (χ4v) is 6.35. The Morgan fingerprint density at radius 2 is 1.58 bits per heavy atom. The minimum absolute atomic E-state index is 0.469. The summed E-state index contributed by atoms with van der Waals surface area (Å²) in [4.78, 5) is 7.75. The van der Waals surface area contributed by atoms with Crippen LogP contribution >= 0.6 is 47.0 Å². The Morgan fingerprint density at radius 3 is 2.16 bits per heavy atom. The Hall–Kier alpha value is -1.37. The molecule has 1 saturated heterocycles. The van der Waals surface area contributed by atoms with Crippen molar-refractivity contribution in [1.29, 1.82) is 0 Å². The molecule has 0 radical (unpaired) electrons. The minimum atomic E-state index is -1.10. The molecule has 2 N–H and O–H groups in total. The van der Waals surface area contributed by atoms with Gasteiger partial charge in [0.05, 0.1) is 30.2 Å². The highest BCUT2D eigenvalue weighted by Crippen LogP contribution is 2.30. The third kappa shape index (κ3) is 6.11. The van der Waals surface area contributed by atoms with Crippen molar-refractivity contribution < 1.29 is 0 Å². The van der Waals surface area contributed by atoms with Crippen molar-refractivity contribution >= 4 is 71.5 Å². The van der Waals surface area contributed by atoms with Gasteiger partial charge in [-0.2, -0.15) is 0 Å². The third-order valence-corrected chi connectivity index (χ3v) is 10.1. The monoisotopic (exact) mass is 509 g/mol. The van der Waals surface area contributed by atoms with Crippen molar-refractivity contribution in [3.05, 3.63) is 74.4 Å². The maximum atomic E-state index is 6.59. The summed E-state index contributed by atoms with van der Waals surface area (Å²) in [6, 6.07) is 15.2. The molecule has 164 valence electrons. The molecule has 1 aliphatic rings. The number of allylic oxidation sites excluding steroid dienone is 1. The molecular weight excluding hydrogens is 485 g/mol. The first-order chi connectivity index (χ1) is 14.6. The van der Waals surface area contributed by atoms with E-state index in [-0.39, 0.29) is 0 Å². The van der Waals surface area contributed by atoms with Crippen molar-refractivity contribution in [3.8, 4) is 0 Å². The fourth-order valence-electron chi connectivity index (χ4n) is 3.44. The lowest BCUT2D eigenvalue weighted by Gasteiger charge is -2.37. The van der Waals surface area contributed by atoms with Crippen molar-refractivity contribution in [3.63, 3.8) is 0 Å². The highest BCUT2D eigenvalue weighted by Gasteiger charge is 2.29. The molecule has 0 aromatic heterocycles. The van der Waals surface area contributed by atoms with Crippen LogP contribution < -0.4 is 5.73 Å². The van der Waals surface area contributed by atoms with Crippen molar-refractivity contribution in [1.82, 2.24) is 4.90 Å². The van der Waals surface area contributed by atoms with Gasteiger partial charge >= 0.3 is 0 Å². The zero-order chi connectivity index (χ0) is 22.8. The second-order valence-corrected chi connectivity index (χ2v) is 15.6. The van der Waals surface area contributed by atoms with E-state index in [1.807, 2.05) is 31.2 Å². The Balaban J connectivity index is 2.02. The van der Waals surface area contributed by atoms with Crippen LogP contribution in [0.1, 0.15) is 12.5 Å².